The van der Waals surface area contributed by atoms with E-state index in [1.165, 1.54) is 5.69 Å². The molecule has 1 aromatic heterocycles. The molecule has 84 valence electrons. The molecule has 0 aliphatic carbocycles. The minimum atomic E-state index is 0.417. The van der Waals surface area contributed by atoms with Gasteiger partial charge in [0.1, 0.15) is 5.01 Å². The molecule has 5 heteroatoms. The van der Waals surface area contributed by atoms with Gasteiger partial charge in [0.25, 0.3) is 0 Å². The van der Waals surface area contributed by atoms with Gasteiger partial charge < -0.3 is 10.1 Å². The molecule has 0 amide bonds. The van der Waals surface area contributed by atoms with Crippen LogP contribution in [0.15, 0.2) is 5.38 Å². The lowest BCUT2D eigenvalue weighted by Gasteiger charge is -2.31. The maximum atomic E-state index is 5.07. The fourth-order valence-corrected chi connectivity index (χ4v) is 2.61. The van der Waals surface area contributed by atoms with E-state index >= 15 is 0 Å². The average molecular weight is 227 g/mol. The maximum absolute atomic E-state index is 5.07. The fourth-order valence-electron chi connectivity index (χ4n) is 1.80. The summed E-state index contributed by atoms with van der Waals surface area (Å²) >= 11 is 1.68. The van der Waals surface area contributed by atoms with Gasteiger partial charge in [-0.05, 0) is 7.05 Å². The van der Waals surface area contributed by atoms with E-state index in [1.807, 2.05) is 0 Å². The van der Waals surface area contributed by atoms with Crippen LogP contribution in [0, 0.1) is 0 Å². The quantitative estimate of drug-likeness (QED) is 0.831. The number of nitrogens with zero attached hydrogens (tertiary/aromatic N) is 2. The number of thiazole rings is 1. The van der Waals surface area contributed by atoms with Gasteiger partial charge in [-0.2, -0.15) is 0 Å². The smallest absolute Gasteiger partial charge is 0.119 e. The van der Waals surface area contributed by atoms with Crippen LogP contribution in [0.25, 0.3) is 0 Å². The van der Waals surface area contributed by atoms with Crippen molar-refractivity contribution in [3.8, 4) is 0 Å². The van der Waals surface area contributed by atoms with Crippen molar-refractivity contribution in [2.45, 2.75) is 12.6 Å². The summed E-state index contributed by atoms with van der Waals surface area (Å²) in [6, 6.07) is 0.417. The topological polar surface area (TPSA) is 37.4 Å². The normalized spacial score (nSPS) is 23.2. The number of ether oxygens (including phenoxy) is 1. The molecule has 1 unspecified atom stereocenters. The first-order valence-corrected chi connectivity index (χ1v) is 6.03. The van der Waals surface area contributed by atoms with E-state index in [4.69, 9.17) is 4.74 Å². The number of rotatable bonds is 3. The van der Waals surface area contributed by atoms with Crippen LogP contribution in [0.1, 0.15) is 16.7 Å². The first kappa shape index (κ1) is 11.0. The van der Waals surface area contributed by atoms with Crippen molar-refractivity contribution in [1.82, 2.24) is 15.2 Å². The Bertz CT molecular complexity index is 315. The van der Waals surface area contributed by atoms with E-state index in [1.54, 1.807) is 18.4 Å². The highest BCUT2D eigenvalue weighted by atomic mass is 32.1. The molecule has 1 saturated heterocycles. The van der Waals surface area contributed by atoms with E-state index in [0.717, 1.165) is 24.6 Å². The lowest BCUT2D eigenvalue weighted by molar-refractivity contribution is 0.181. The van der Waals surface area contributed by atoms with Crippen LogP contribution >= 0.6 is 11.3 Å². The van der Waals surface area contributed by atoms with Crippen LogP contribution in [0.2, 0.25) is 0 Å². The van der Waals surface area contributed by atoms with E-state index in [9.17, 15) is 0 Å². The number of likely N-dealkylation sites (N-methyl/N-ethyl adjacent to an activating group) is 1. The lowest BCUT2D eigenvalue weighted by Crippen LogP contribution is -2.43. The van der Waals surface area contributed by atoms with Crippen molar-refractivity contribution in [3.05, 3.63) is 16.1 Å². The molecular weight excluding hydrogens is 210 g/mol. The molecule has 1 N–H and O–H groups in total. The fraction of sp³-hybridized carbons (Fsp3) is 0.700. The summed E-state index contributed by atoms with van der Waals surface area (Å²) < 4.78 is 5.07. The molecule has 1 aromatic rings. The highest BCUT2D eigenvalue weighted by Crippen LogP contribution is 2.22. The second-order valence-electron chi connectivity index (χ2n) is 3.80. The molecule has 0 radical (unpaired) electrons. The highest BCUT2D eigenvalue weighted by Gasteiger charge is 2.22. The monoisotopic (exact) mass is 227 g/mol. The molecule has 0 spiro atoms. The van der Waals surface area contributed by atoms with Gasteiger partial charge in [-0.15, -0.1) is 11.3 Å². The second-order valence-corrected chi connectivity index (χ2v) is 4.74. The number of methoxy groups -OCH3 is 1. The Morgan fingerprint density at radius 3 is 3.33 bits per heavy atom. The first-order valence-electron chi connectivity index (χ1n) is 5.15. The molecule has 15 heavy (non-hydrogen) atoms. The van der Waals surface area contributed by atoms with Gasteiger partial charge in [0.2, 0.25) is 0 Å². The van der Waals surface area contributed by atoms with Gasteiger partial charge in [0.15, 0.2) is 0 Å². The number of aromatic nitrogens is 1. The van der Waals surface area contributed by atoms with Crippen LogP contribution in [-0.2, 0) is 11.3 Å². The number of hydrogen-bond donors (Lipinski definition) is 1. The Balaban J connectivity index is 2.06. The molecule has 0 saturated carbocycles. The Kier molecular flexibility index (Phi) is 3.69. The minimum Gasteiger partial charge on any atom is -0.378 e. The summed E-state index contributed by atoms with van der Waals surface area (Å²) in [6.45, 7) is 3.77. The minimum absolute atomic E-state index is 0.417. The standard InChI is InChI=1S/C10H17N3OS/c1-13-4-3-11-5-9(13)8-7-15-10(12-8)6-14-2/h7,9,11H,3-6H2,1-2H3. The van der Waals surface area contributed by atoms with Gasteiger partial charge in [-0.25, -0.2) is 4.98 Å². The summed E-state index contributed by atoms with van der Waals surface area (Å²) in [5, 5.41) is 6.60. The zero-order valence-electron chi connectivity index (χ0n) is 9.19. The molecule has 4 nitrogen and oxygen atoms in total. The summed E-state index contributed by atoms with van der Waals surface area (Å²) in [5.74, 6) is 0. The van der Waals surface area contributed by atoms with Crippen molar-refractivity contribution in [2.75, 3.05) is 33.8 Å². The van der Waals surface area contributed by atoms with Crippen molar-refractivity contribution >= 4 is 11.3 Å². The molecular formula is C10H17N3OS. The Morgan fingerprint density at radius 2 is 2.60 bits per heavy atom. The van der Waals surface area contributed by atoms with Crippen LogP contribution in [0.5, 0.6) is 0 Å². The predicted molar refractivity (Wildman–Crippen MR) is 61.1 cm³/mol. The average Bonchev–Trinajstić information content (AvgIpc) is 2.68. The largest absolute Gasteiger partial charge is 0.378 e. The molecule has 1 aliphatic heterocycles. The van der Waals surface area contributed by atoms with Gasteiger partial charge in [-0.3, -0.25) is 4.90 Å². The Hall–Kier alpha value is -0.490. The lowest BCUT2D eigenvalue weighted by atomic mass is 10.1. The third kappa shape index (κ3) is 2.55. The van der Waals surface area contributed by atoms with Gasteiger partial charge in [-0.1, -0.05) is 0 Å². The van der Waals surface area contributed by atoms with Crippen LogP contribution in [0.3, 0.4) is 0 Å². The van der Waals surface area contributed by atoms with Crippen LogP contribution < -0.4 is 5.32 Å². The summed E-state index contributed by atoms with van der Waals surface area (Å²) in [7, 11) is 3.86. The summed E-state index contributed by atoms with van der Waals surface area (Å²) in [6.07, 6.45) is 0. The molecule has 0 aromatic carbocycles. The number of nitrogens with one attached hydrogen (secondary N) is 1. The predicted octanol–water partition coefficient (Wildman–Crippen LogP) is 0.866. The number of hydrogen-bond acceptors (Lipinski definition) is 5. The molecule has 0 bridgehead atoms. The van der Waals surface area contributed by atoms with Gasteiger partial charge in [0.05, 0.1) is 18.3 Å². The third-order valence-electron chi connectivity index (χ3n) is 2.69. The maximum Gasteiger partial charge on any atom is 0.119 e. The summed E-state index contributed by atoms with van der Waals surface area (Å²) in [5.41, 5.74) is 1.17. The van der Waals surface area contributed by atoms with Crippen LogP contribution in [0.4, 0.5) is 0 Å². The van der Waals surface area contributed by atoms with Crippen molar-refractivity contribution < 1.29 is 4.74 Å². The zero-order valence-corrected chi connectivity index (χ0v) is 10.0. The Labute approximate surface area is 94.3 Å². The molecule has 1 atom stereocenters. The zero-order chi connectivity index (χ0) is 10.7. The molecule has 1 fully saturated rings. The van der Waals surface area contributed by atoms with Gasteiger partial charge in [0, 0.05) is 32.1 Å². The SMILES string of the molecule is COCc1nc(C2CNCCN2C)cs1. The first-order chi connectivity index (χ1) is 7.31. The van der Waals surface area contributed by atoms with Gasteiger partial charge >= 0.3 is 0 Å². The van der Waals surface area contributed by atoms with Crippen molar-refractivity contribution in [1.29, 1.82) is 0 Å². The summed E-state index contributed by atoms with van der Waals surface area (Å²) in [4.78, 5) is 6.94. The van der Waals surface area contributed by atoms with Crippen LogP contribution in [-0.4, -0.2) is 43.7 Å². The van der Waals surface area contributed by atoms with E-state index in [-0.39, 0.29) is 0 Å². The van der Waals surface area contributed by atoms with Crippen molar-refractivity contribution in [3.63, 3.8) is 0 Å². The second kappa shape index (κ2) is 5.03. The van der Waals surface area contributed by atoms with E-state index in [0.29, 0.717) is 12.6 Å². The Morgan fingerprint density at radius 1 is 1.73 bits per heavy atom. The van der Waals surface area contributed by atoms with E-state index in [2.05, 4.69) is 27.6 Å². The highest BCUT2D eigenvalue weighted by molar-refractivity contribution is 7.09. The van der Waals surface area contributed by atoms with E-state index < -0.39 is 0 Å². The molecule has 2 heterocycles. The third-order valence-corrected chi connectivity index (χ3v) is 3.53. The molecule has 2 rings (SSSR count). The van der Waals surface area contributed by atoms with Crippen molar-refractivity contribution in [2.24, 2.45) is 0 Å². The molecule has 1 aliphatic rings. The number of piperazine rings is 1.